The van der Waals surface area contributed by atoms with Gasteiger partial charge in [0.1, 0.15) is 5.82 Å². The van der Waals surface area contributed by atoms with Gasteiger partial charge in [0, 0.05) is 16.0 Å². The summed E-state index contributed by atoms with van der Waals surface area (Å²) in [6, 6.07) is 2.67. The summed E-state index contributed by atoms with van der Waals surface area (Å²) in [5.41, 5.74) is 1.50. The maximum absolute atomic E-state index is 13.1. The topological polar surface area (TPSA) is 20.2 Å². The Kier molecular flexibility index (Phi) is 2.73. The van der Waals surface area contributed by atoms with E-state index in [1.54, 1.807) is 11.8 Å². The van der Waals surface area contributed by atoms with Crippen LogP contribution in [0.1, 0.15) is 24.2 Å². The molecular weight excluding hydrogens is 223 g/mol. The first-order valence-electron chi connectivity index (χ1n) is 4.37. The summed E-state index contributed by atoms with van der Waals surface area (Å²) >= 11 is 7.53. The van der Waals surface area contributed by atoms with Gasteiger partial charge in [-0.15, -0.1) is 0 Å². The Morgan fingerprint density at radius 1 is 1.57 bits per heavy atom. The zero-order valence-electron chi connectivity index (χ0n) is 7.63. The van der Waals surface area contributed by atoms with E-state index < -0.39 is 6.10 Å². The molecule has 76 valence electrons. The number of thioether (sulfide) groups is 1. The van der Waals surface area contributed by atoms with E-state index in [2.05, 4.69) is 0 Å². The van der Waals surface area contributed by atoms with Gasteiger partial charge in [0.15, 0.2) is 0 Å². The van der Waals surface area contributed by atoms with Gasteiger partial charge < -0.3 is 5.11 Å². The zero-order valence-corrected chi connectivity index (χ0v) is 9.20. The number of halogens is 2. The van der Waals surface area contributed by atoms with Crippen LogP contribution in [0.25, 0.3) is 0 Å². The van der Waals surface area contributed by atoms with Gasteiger partial charge in [-0.25, -0.2) is 4.39 Å². The molecule has 0 spiro atoms. The zero-order chi connectivity index (χ0) is 10.3. The molecule has 0 saturated heterocycles. The molecule has 1 N–H and O–H groups in total. The number of rotatable bonds is 0. The second-order valence-electron chi connectivity index (χ2n) is 3.42. The lowest BCUT2D eigenvalue weighted by atomic mass is 10.0. The van der Waals surface area contributed by atoms with Crippen molar-refractivity contribution in [1.82, 2.24) is 0 Å². The van der Waals surface area contributed by atoms with Crippen LogP contribution in [-0.4, -0.2) is 10.4 Å². The number of benzene rings is 1. The van der Waals surface area contributed by atoms with Crippen LogP contribution >= 0.6 is 23.4 Å². The van der Waals surface area contributed by atoms with E-state index in [1.807, 2.05) is 6.92 Å². The highest BCUT2D eigenvalue weighted by Gasteiger charge is 2.27. The van der Waals surface area contributed by atoms with Gasteiger partial charge in [-0.05, 0) is 23.3 Å². The Morgan fingerprint density at radius 3 is 3.00 bits per heavy atom. The molecule has 4 heteroatoms. The SMILES string of the molecule is CC1SCc2c(Cl)cc(F)cc2C1O. The van der Waals surface area contributed by atoms with Crippen LogP contribution in [-0.2, 0) is 5.75 Å². The third kappa shape index (κ3) is 1.64. The predicted octanol–water partition coefficient (Wildman–Crippen LogP) is 3.15. The Bertz CT molecular complexity index is 369. The van der Waals surface area contributed by atoms with Crippen molar-refractivity contribution in [2.45, 2.75) is 24.0 Å². The molecule has 1 aromatic carbocycles. The highest BCUT2D eigenvalue weighted by Crippen LogP contribution is 2.40. The molecule has 2 unspecified atom stereocenters. The lowest BCUT2D eigenvalue weighted by molar-refractivity contribution is 0.176. The molecule has 1 nitrogen and oxygen atoms in total. The van der Waals surface area contributed by atoms with E-state index >= 15 is 0 Å². The van der Waals surface area contributed by atoms with E-state index in [1.165, 1.54) is 12.1 Å². The highest BCUT2D eigenvalue weighted by atomic mass is 35.5. The van der Waals surface area contributed by atoms with Crippen molar-refractivity contribution in [3.05, 3.63) is 34.1 Å². The fourth-order valence-corrected chi connectivity index (χ4v) is 3.04. The normalized spacial score (nSPS) is 26.0. The van der Waals surface area contributed by atoms with Crippen LogP contribution in [0, 0.1) is 5.82 Å². The van der Waals surface area contributed by atoms with Gasteiger partial charge in [-0.3, -0.25) is 0 Å². The molecule has 1 heterocycles. The number of fused-ring (bicyclic) bond motifs is 1. The van der Waals surface area contributed by atoms with Crippen molar-refractivity contribution in [1.29, 1.82) is 0 Å². The van der Waals surface area contributed by atoms with E-state index in [0.29, 0.717) is 10.6 Å². The van der Waals surface area contributed by atoms with Crippen LogP contribution in [0.3, 0.4) is 0 Å². The largest absolute Gasteiger partial charge is 0.387 e. The minimum atomic E-state index is -0.614. The van der Waals surface area contributed by atoms with Gasteiger partial charge in [0.2, 0.25) is 0 Å². The molecule has 1 aliphatic rings. The summed E-state index contributed by atoms with van der Waals surface area (Å²) in [5, 5.41) is 10.3. The molecule has 0 saturated carbocycles. The molecule has 2 atom stereocenters. The van der Waals surface area contributed by atoms with E-state index in [-0.39, 0.29) is 11.1 Å². The minimum Gasteiger partial charge on any atom is -0.387 e. The summed E-state index contributed by atoms with van der Waals surface area (Å²) in [7, 11) is 0. The number of aliphatic hydroxyl groups is 1. The van der Waals surface area contributed by atoms with Crippen molar-refractivity contribution in [3.63, 3.8) is 0 Å². The van der Waals surface area contributed by atoms with Crippen molar-refractivity contribution >= 4 is 23.4 Å². The van der Waals surface area contributed by atoms with Crippen LogP contribution < -0.4 is 0 Å². The van der Waals surface area contributed by atoms with Gasteiger partial charge in [-0.1, -0.05) is 18.5 Å². The third-order valence-electron chi connectivity index (χ3n) is 2.45. The Balaban J connectivity index is 2.54. The minimum absolute atomic E-state index is 0.0976. The smallest absolute Gasteiger partial charge is 0.125 e. The van der Waals surface area contributed by atoms with Gasteiger partial charge >= 0.3 is 0 Å². The Hall–Kier alpha value is -0.250. The first-order chi connectivity index (χ1) is 6.59. The van der Waals surface area contributed by atoms with Crippen LogP contribution in [0.4, 0.5) is 4.39 Å². The van der Waals surface area contributed by atoms with Crippen LogP contribution in [0.2, 0.25) is 5.02 Å². The first-order valence-corrected chi connectivity index (χ1v) is 5.79. The van der Waals surface area contributed by atoms with Crippen molar-refractivity contribution in [2.24, 2.45) is 0 Å². The number of hydrogen-bond donors (Lipinski definition) is 1. The monoisotopic (exact) mass is 232 g/mol. The molecule has 0 aliphatic carbocycles. The molecule has 1 aliphatic heterocycles. The molecule has 0 amide bonds. The highest BCUT2D eigenvalue weighted by molar-refractivity contribution is 7.99. The number of hydrogen-bond acceptors (Lipinski definition) is 2. The van der Waals surface area contributed by atoms with Gasteiger partial charge in [0.25, 0.3) is 0 Å². The summed E-state index contributed by atoms with van der Waals surface area (Å²) in [6.07, 6.45) is -0.614. The average Bonchev–Trinajstić information content (AvgIpc) is 2.12. The second-order valence-corrected chi connectivity index (χ2v) is 5.19. The molecule has 0 aromatic heterocycles. The van der Waals surface area contributed by atoms with Crippen molar-refractivity contribution in [3.8, 4) is 0 Å². The lowest BCUT2D eigenvalue weighted by Gasteiger charge is -2.27. The van der Waals surface area contributed by atoms with Crippen LogP contribution in [0.15, 0.2) is 12.1 Å². The molecule has 0 radical (unpaired) electrons. The molecule has 2 rings (SSSR count). The van der Waals surface area contributed by atoms with Crippen molar-refractivity contribution < 1.29 is 9.50 Å². The average molecular weight is 233 g/mol. The molecule has 0 fully saturated rings. The Labute approximate surface area is 91.3 Å². The first kappa shape index (κ1) is 10.3. The van der Waals surface area contributed by atoms with Gasteiger partial charge in [-0.2, -0.15) is 11.8 Å². The predicted molar refractivity (Wildman–Crippen MR) is 57.1 cm³/mol. The third-order valence-corrected chi connectivity index (χ3v) is 4.02. The van der Waals surface area contributed by atoms with Gasteiger partial charge in [0.05, 0.1) is 6.10 Å². The molecule has 1 aromatic rings. The maximum Gasteiger partial charge on any atom is 0.125 e. The Morgan fingerprint density at radius 2 is 2.29 bits per heavy atom. The molecular formula is C10H10ClFOS. The summed E-state index contributed by atoms with van der Waals surface area (Å²) < 4.78 is 13.1. The second kappa shape index (κ2) is 3.72. The van der Waals surface area contributed by atoms with Crippen molar-refractivity contribution in [2.75, 3.05) is 0 Å². The fourth-order valence-electron chi connectivity index (χ4n) is 1.60. The van der Waals surface area contributed by atoms with E-state index in [0.717, 1.165) is 11.3 Å². The summed E-state index contributed by atoms with van der Waals surface area (Å²) in [6.45, 7) is 1.93. The lowest BCUT2D eigenvalue weighted by Crippen LogP contribution is -2.18. The van der Waals surface area contributed by atoms with E-state index in [9.17, 15) is 9.50 Å². The molecule has 0 bridgehead atoms. The summed E-state index contributed by atoms with van der Waals surface area (Å²) in [5.74, 6) is 0.360. The standard InChI is InChI=1S/C10H10ClFOS/c1-5-10(13)7-2-6(12)3-9(11)8(7)4-14-5/h2-3,5,10,13H,4H2,1H3. The van der Waals surface area contributed by atoms with E-state index in [4.69, 9.17) is 11.6 Å². The van der Waals surface area contributed by atoms with Crippen LogP contribution in [0.5, 0.6) is 0 Å². The number of aliphatic hydroxyl groups excluding tert-OH is 1. The molecule has 14 heavy (non-hydrogen) atoms. The maximum atomic E-state index is 13.1. The quantitative estimate of drug-likeness (QED) is 0.742. The summed E-state index contributed by atoms with van der Waals surface area (Å²) in [4.78, 5) is 0. The fraction of sp³-hybridized carbons (Fsp3) is 0.400.